The number of hydrogen-bond acceptors (Lipinski definition) is 2. The van der Waals surface area contributed by atoms with E-state index >= 15 is 0 Å². The van der Waals surface area contributed by atoms with E-state index in [1.165, 1.54) is 6.92 Å². The number of benzene rings is 1. The minimum absolute atomic E-state index is 0.0280. The zero-order chi connectivity index (χ0) is 17.1. The molecule has 2 N–H and O–H groups in total. The monoisotopic (exact) mass is 321 g/mol. The predicted octanol–water partition coefficient (Wildman–Crippen LogP) is 3.16. The molecule has 1 aromatic rings. The molecule has 0 spiro atoms. The summed E-state index contributed by atoms with van der Waals surface area (Å²) in [5.74, 6) is -7.84. The van der Waals surface area contributed by atoms with E-state index in [2.05, 4.69) is 5.32 Å². The van der Waals surface area contributed by atoms with Crippen LogP contribution in [0.5, 0.6) is 0 Å². The number of amides is 1. The molecule has 0 saturated carbocycles. The normalized spacial score (nSPS) is 14.0. The zero-order valence-electron chi connectivity index (χ0n) is 12.6. The van der Waals surface area contributed by atoms with Crippen LogP contribution in [0.25, 0.3) is 0 Å². The minimum Gasteiger partial charge on any atom is -0.388 e. The van der Waals surface area contributed by atoms with Gasteiger partial charge < -0.3 is 10.4 Å². The molecule has 0 aliphatic heterocycles. The molecule has 0 bridgehead atoms. The van der Waals surface area contributed by atoms with Gasteiger partial charge in [-0.1, -0.05) is 13.8 Å². The molecule has 124 valence electrons. The van der Waals surface area contributed by atoms with Gasteiger partial charge in [0.15, 0.2) is 23.3 Å². The number of rotatable bonds is 6. The molecule has 0 aromatic heterocycles. The van der Waals surface area contributed by atoms with Crippen molar-refractivity contribution in [2.45, 2.75) is 39.2 Å². The van der Waals surface area contributed by atoms with Crippen molar-refractivity contribution < 1.29 is 27.5 Å². The molecule has 0 saturated heterocycles. The first-order chi connectivity index (χ1) is 10.0. The molecule has 1 atom stereocenters. The standard InChI is InChI=1S/C15H19F4NO2/c1-8(2)4-5-15(3,22)7-20-14(21)11-12(18)9(16)6-10(17)13(11)19/h6,8,22H,4-5,7H2,1-3H3,(H,20,21). The maximum atomic E-state index is 13.5. The Balaban J connectivity index is 2.83. The molecule has 0 heterocycles. The highest BCUT2D eigenvalue weighted by Crippen LogP contribution is 2.20. The Kier molecular flexibility index (Phi) is 5.93. The van der Waals surface area contributed by atoms with Crippen molar-refractivity contribution in [1.82, 2.24) is 5.32 Å². The number of halogens is 4. The molecular weight excluding hydrogens is 302 g/mol. The minimum atomic E-state index is -1.77. The average molecular weight is 321 g/mol. The fourth-order valence-electron chi connectivity index (χ4n) is 1.82. The molecule has 0 fully saturated rings. The van der Waals surface area contributed by atoms with Crippen LogP contribution in [0.1, 0.15) is 44.0 Å². The van der Waals surface area contributed by atoms with E-state index in [-0.39, 0.29) is 12.6 Å². The summed E-state index contributed by atoms with van der Waals surface area (Å²) < 4.78 is 53.0. The maximum absolute atomic E-state index is 13.5. The second-order valence-corrected chi connectivity index (χ2v) is 5.96. The van der Waals surface area contributed by atoms with Gasteiger partial charge in [-0.25, -0.2) is 17.6 Å². The smallest absolute Gasteiger partial charge is 0.257 e. The number of hydrogen-bond donors (Lipinski definition) is 2. The number of carbonyl (C=O) groups is 1. The maximum Gasteiger partial charge on any atom is 0.257 e. The lowest BCUT2D eigenvalue weighted by atomic mass is 9.95. The van der Waals surface area contributed by atoms with Gasteiger partial charge in [-0.05, 0) is 25.7 Å². The van der Waals surface area contributed by atoms with Crippen LogP contribution in [-0.2, 0) is 0 Å². The Hall–Kier alpha value is -1.63. The van der Waals surface area contributed by atoms with E-state index in [1.54, 1.807) is 0 Å². The molecule has 0 aliphatic carbocycles. The molecule has 1 rings (SSSR count). The van der Waals surface area contributed by atoms with Crippen LogP contribution in [0.4, 0.5) is 17.6 Å². The lowest BCUT2D eigenvalue weighted by Crippen LogP contribution is -2.41. The van der Waals surface area contributed by atoms with Crippen LogP contribution in [0.15, 0.2) is 6.07 Å². The molecule has 1 aromatic carbocycles. The van der Waals surface area contributed by atoms with Gasteiger partial charge >= 0.3 is 0 Å². The molecule has 1 unspecified atom stereocenters. The fraction of sp³-hybridized carbons (Fsp3) is 0.533. The Morgan fingerprint density at radius 3 is 2.18 bits per heavy atom. The Bertz CT molecular complexity index is 533. The van der Waals surface area contributed by atoms with Crippen molar-refractivity contribution in [3.63, 3.8) is 0 Å². The lowest BCUT2D eigenvalue weighted by Gasteiger charge is -2.24. The van der Waals surface area contributed by atoms with Crippen molar-refractivity contribution >= 4 is 5.91 Å². The average Bonchev–Trinajstić information content (AvgIpc) is 2.41. The van der Waals surface area contributed by atoms with E-state index < -0.39 is 40.3 Å². The highest BCUT2D eigenvalue weighted by atomic mass is 19.2. The Morgan fingerprint density at radius 2 is 1.73 bits per heavy atom. The SMILES string of the molecule is CC(C)CCC(C)(O)CNC(=O)c1c(F)c(F)cc(F)c1F. The van der Waals surface area contributed by atoms with Gasteiger partial charge in [-0.3, -0.25) is 4.79 Å². The molecule has 1 amide bonds. The van der Waals surface area contributed by atoms with Crippen molar-refractivity contribution in [3.05, 3.63) is 34.9 Å². The molecule has 0 radical (unpaired) electrons. The van der Waals surface area contributed by atoms with E-state index in [1.807, 2.05) is 13.8 Å². The van der Waals surface area contributed by atoms with Crippen molar-refractivity contribution in [1.29, 1.82) is 0 Å². The van der Waals surface area contributed by atoms with E-state index in [0.29, 0.717) is 18.8 Å². The fourth-order valence-corrected chi connectivity index (χ4v) is 1.82. The van der Waals surface area contributed by atoms with Crippen molar-refractivity contribution in [2.24, 2.45) is 5.92 Å². The van der Waals surface area contributed by atoms with Gasteiger partial charge in [-0.2, -0.15) is 0 Å². The summed E-state index contributed by atoms with van der Waals surface area (Å²) in [6.45, 7) is 5.06. The van der Waals surface area contributed by atoms with Crippen LogP contribution in [0.2, 0.25) is 0 Å². The van der Waals surface area contributed by atoms with Gasteiger partial charge in [0.25, 0.3) is 5.91 Å². The molecule has 0 aliphatic rings. The van der Waals surface area contributed by atoms with Gasteiger partial charge in [0.05, 0.1) is 5.60 Å². The van der Waals surface area contributed by atoms with E-state index in [0.717, 1.165) is 0 Å². The number of nitrogens with one attached hydrogen (secondary N) is 1. The lowest BCUT2D eigenvalue weighted by molar-refractivity contribution is 0.0427. The third-order valence-electron chi connectivity index (χ3n) is 3.23. The van der Waals surface area contributed by atoms with Gasteiger partial charge in [0.2, 0.25) is 0 Å². The van der Waals surface area contributed by atoms with E-state index in [4.69, 9.17) is 0 Å². The van der Waals surface area contributed by atoms with Gasteiger partial charge in [0, 0.05) is 12.6 Å². The van der Waals surface area contributed by atoms with Crippen LogP contribution in [0, 0.1) is 29.2 Å². The second kappa shape index (κ2) is 7.09. The summed E-state index contributed by atoms with van der Waals surface area (Å²) >= 11 is 0. The van der Waals surface area contributed by atoms with Crippen LogP contribution >= 0.6 is 0 Å². The first-order valence-corrected chi connectivity index (χ1v) is 6.88. The number of aliphatic hydroxyl groups is 1. The molecule has 3 nitrogen and oxygen atoms in total. The summed E-state index contributed by atoms with van der Waals surface area (Å²) in [6, 6.07) is 0.0280. The van der Waals surface area contributed by atoms with Crippen molar-refractivity contribution in [2.75, 3.05) is 6.54 Å². The number of carbonyl (C=O) groups excluding carboxylic acids is 1. The summed E-state index contributed by atoms with van der Waals surface area (Å²) in [5, 5.41) is 12.2. The van der Waals surface area contributed by atoms with Crippen LogP contribution in [0.3, 0.4) is 0 Å². The third-order valence-corrected chi connectivity index (χ3v) is 3.23. The van der Waals surface area contributed by atoms with Gasteiger partial charge in [-0.15, -0.1) is 0 Å². The summed E-state index contributed by atoms with van der Waals surface area (Å²) in [5.41, 5.74) is -2.63. The van der Waals surface area contributed by atoms with Crippen LogP contribution in [-0.4, -0.2) is 23.2 Å². The molecular formula is C15H19F4NO2. The predicted molar refractivity (Wildman–Crippen MR) is 73.3 cm³/mol. The second-order valence-electron chi connectivity index (χ2n) is 5.96. The topological polar surface area (TPSA) is 49.3 Å². The van der Waals surface area contributed by atoms with Crippen molar-refractivity contribution in [3.8, 4) is 0 Å². The first-order valence-electron chi connectivity index (χ1n) is 6.88. The van der Waals surface area contributed by atoms with Crippen LogP contribution < -0.4 is 5.32 Å². The summed E-state index contributed by atoms with van der Waals surface area (Å²) in [7, 11) is 0. The zero-order valence-corrected chi connectivity index (χ0v) is 12.6. The molecule has 22 heavy (non-hydrogen) atoms. The highest BCUT2D eigenvalue weighted by molar-refractivity contribution is 5.94. The summed E-state index contributed by atoms with van der Waals surface area (Å²) in [4.78, 5) is 11.7. The highest BCUT2D eigenvalue weighted by Gasteiger charge is 2.27. The first kappa shape index (κ1) is 18.4. The third kappa shape index (κ3) is 4.69. The Morgan fingerprint density at radius 1 is 1.23 bits per heavy atom. The largest absolute Gasteiger partial charge is 0.388 e. The van der Waals surface area contributed by atoms with Gasteiger partial charge in [0.1, 0.15) is 5.56 Å². The summed E-state index contributed by atoms with van der Waals surface area (Å²) in [6.07, 6.45) is 1.04. The Labute approximate surface area is 126 Å². The molecule has 7 heteroatoms. The van der Waals surface area contributed by atoms with E-state index in [9.17, 15) is 27.5 Å². The quantitative estimate of drug-likeness (QED) is 0.624.